The predicted molar refractivity (Wildman–Crippen MR) is 66.5 cm³/mol. The van der Waals surface area contributed by atoms with E-state index in [0.29, 0.717) is 5.56 Å². The molecular formula is C13H14N4O. The molecule has 0 aromatic carbocycles. The van der Waals surface area contributed by atoms with Gasteiger partial charge in [-0.05, 0) is 25.0 Å². The molecule has 0 unspecified atom stereocenters. The summed E-state index contributed by atoms with van der Waals surface area (Å²) in [5.74, 6) is 0.850. The molecule has 1 aliphatic rings. The van der Waals surface area contributed by atoms with Gasteiger partial charge >= 0.3 is 0 Å². The summed E-state index contributed by atoms with van der Waals surface area (Å²) < 4.78 is 1.81. The molecule has 2 aromatic rings. The Morgan fingerprint density at radius 2 is 2.06 bits per heavy atom. The van der Waals surface area contributed by atoms with Gasteiger partial charge in [0.05, 0.1) is 5.56 Å². The molecular weight excluding hydrogens is 228 g/mol. The first-order valence-corrected chi connectivity index (χ1v) is 6.08. The monoisotopic (exact) mass is 242 g/mol. The average molecular weight is 242 g/mol. The smallest absolute Gasteiger partial charge is 0.255 e. The minimum atomic E-state index is 0.0807. The fourth-order valence-electron chi connectivity index (χ4n) is 2.16. The molecule has 2 aromatic heterocycles. The van der Waals surface area contributed by atoms with Crippen molar-refractivity contribution in [3.63, 3.8) is 0 Å². The van der Waals surface area contributed by atoms with Gasteiger partial charge in [0, 0.05) is 31.7 Å². The number of aromatic nitrogens is 3. The van der Waals surface area contributed by atoms with Gasteiger partial charge in [-0.1, -0.05) is 0 Å². The van der Waals surface area contributed by atoms with Crippen LogP contribution in [0.5, 0.6) is 0 Å². The summed E-state index contributed by atoms with van der Waals surface area (Å²) in [6.45, 7) is 1.73. The third-order valence-electron chi connectivity index (χ3n) is 3.16. The molecule has 1 fully saturated rings. The molecule has 5 nitrogen and oxygen atoms in total. The lowest BCUT2D eigenvalue weighted by atomic mass is 10.2. The minimum absolute atomic E-state index is 0.0807. The largest absolute Gasteiger partial charge is 0.339 e. The summed E-state index contributed by atoms with van der Waals surface area (Å²) in [6.07, 6.45) is 9.05. The number of likely N-dealkylation sites (tertiary alicyclic amines) is 1. The van der Waals surface area contributed by atoms with E-state index in [-0.39, 0.29) is 5.91 Å². The molecule has 5 heteroatoms. The van der Waals surface area contributed by atoms with E-state index in [4.69, 9.17) is 0 Å². The van der Waals surface area contributed by atoms with Crippen molar-refractivity contribution >= 4 is 5.91 Å². The predicted octanol–water partition coefficient (Wildman–Crippen LogP) is 1.50. The zero-order chi connectivity index (χ0) is 12.4. The van der Waals surface area contributed by atoms with E-state index in [1.54, 1.807) is 18.7 Å². The number of imidazole rings is 1. The fraction of sp³-hybridized carbons (Fsp3) is 0.308. The van der Waals surface area contributed by atoms with Gasteiger partial charge in [0.1, 0.15) is 12.1 Å². The van der Waals surface area contributed by atoms with Gasteiger partial charge in [0.15, 0.2) is 0 Å². The van der Waals surface area contributed by atoms with Crippen molar-refractivity contribution in [2.75, 3.05) is 13.1 Å². The molecule has 0 aliphatic carbocycles. The van der Waals surface area contributed by atoms with Gasteiger partial charge < -0.3 is 4.90 Å². The van der Waals surface area contributed by atoms with Crippen LogP contribution >= 0.6 is 0 Å². The first-order chi connectivity index (χ1) is 8.84. The minimum Gasteiger partial charge on any atom is -0.339 e. The lowest BCUT2D eigenvalue weighted by molar-refractivity contribution is 0.0792. The molecule has 1 amide bonds. The molecule has 1 aliphatic heterocycles. The summed E-state index contributed by atoms with van der Waals surface area (Å²) in [7, 11) is 0. The number of hydrogen-bond acceptors (Lipinski definition) is 3. The second-order valence-electron chi connectivity index (χ2n) is 4.37. The molecule has 0 spiro atoms. The summed E-state index contributed by atoms with van der Waals surface area (Å²) in [4.78, 5) is 22.3. The molecule has 0 N–H and O–H groups in total. The van der Waals surface area contributed by atoms with Crippen molar-refractivity contribution in [1.29, 1.82) is 0 Å². The molecule has 1 saturated heterocycles. The summed E-state index contributed by atoms with van der Waals surface area (Å²) >= 11 is 0. The molecule has 0 saturated carbocycles. The van der Waals surface area contributed by atoms with E-state index < -0.39 is 0 Å². The van der Waals surface area contributed by atoms with Crippen LogP contribution in [-0.4, -0.2) is 38.4 Å². The molecule has 0 radical (unpaired) electrons. The number of amides is 1. The highest BCUT2D eigenvalue weighted by Crippen LogP contribution is 2.13. The van der Waals surface area contributed by atoms with E-state index in [2.05, 4.69) is 9.97 Å². The number of hydrogen-bond donors (Lipinski definition) is 0. The van der Waals surface area contributed by atoms with Crippen molar-refractivity contribution < 1.29 is 4.79 Å². The Morgan fingerprint density at radius 1 is 1.22 bits per heavy atom. The SMILES string of the molecule is O=C(c1ccc(-n2ccnc2)nc1)N1CCCC1. The van der Waals surface area contributed by atoms with E-state index in [9.17, 15) is 4.79 Å². The Morgan fingerprint density at radius 3 is 2.67 bits per heavy atom. The molecule has 92 valence electrons. The highest BCUT2D eigenvalue weighted by atomic mass is 16.2. The molecule has 3 heterocycles. The van der Waals surface area contributed by atoms with Crippen molar-refractivity contribution in [3.05, 3.63) is 42.6 Å². The van der Waals surface area contributed by atoms with Crippen molar-refractivity contribution in [2.24, 2.45) is 0 Å². The van der Waals surface area contributed by atoms with Crippen molar-refractivity contribution in [2.45, 2.75) is 12.8 Å². The van der Waals surface area contributed by atoms with Gasteiger partial charge in [-0.2, -0.15) is 0 Å². The van der Waals surface area contributed by atoms with Crippen molar-refractivity contribution in [3.8, 4) is 5.82 Å². The number of rotatable bonds is 2. The number of carbonyl (C=O) groups is 1. The van der Waals surface area contributed by atoms with Gasteiger partial charge in [-0.3, -0.25) is 9.36 Å². The maximum atomic E-state index is 12.1. The second-order valence-corrected chi connectivity index (χ2v) is 4.37. The van der Waals surface area contributed by atoms with Gasteiger partial charge in [-0.15, -0.1) is 0 Å². The summed E-state index contributed by atoms with van der Waals surface area (Å²) in [5, 5.41) is 0. The molecule has 0 atom stereocenters. The van der Waals surface area contributed by atoms with Crippen molar-refractivity contribution in [1.82, 2.24) is 19.4 Å². The highest BCUT2D eigenvalue weighted by Gasteiger charge is 2.19. The first-order valence-electron chi connectivity index (χ1n) is 6.08. The Kier molecular flexibility index (Phi) is 2.80. The van der Waals surface area contributed by atoms with E-state index in [1.807, 2.05) is 27.8 Å². The third-order valence-corrected chi connectivity index (χ3v) is 3.16. The molecule has 3 rings (SSSR count). The van der Waals surface area contributed by atoms with Crippen LogP contribution in [0.4, 0.5) is 0 Å². The Balaban J connectivity index is 1.80. The zero-order valence-electron chi connectivity index (χ0n) is 9.99. The van der Waals surface area contributed by atoms with Gasteiger partial charge in [-0.25, -0.2) is 9.97 Å². The summed E-state index contributed by atoms with van der Waals surface area (Å²) in [6, 6.07) is 3.66. The lowest BCUT2D eigenvalue weighted by Gasteiger charge is -2.14. The van der Waals surface area contributed by atoms with Gasteiger partial charge in [0.25, 0.3) is 5.91 Å². The lowest BCUT2D eigenvalue weighted by Crippen LogP contribution is -2.27. The Labute approximate surface area is 105 Å². The van der Waals surface area contributed by atoms with Crippen LogP contribution in [0.25, 0.3) is 5.82 Å². The number of nitrogens with zero attached hydrogens (tertiary/aromatic N) is 4. The quantitative estimate of drug-likeness (QED) is 0.802. The molecule has 0 bridgehead atoms. The van der Waals surface area contributed by atoms with Crippen LogP contribution in [0, 0.1) is 0 Å². The highest BCUT2D eigenvalue weighted by molar-refractivity contribution is 5.94. The van der Waals surface area contributed by atoms with Crippen LogP contribution < -0.4 is 0 Å². The maximum absolute atomic E-state index is 12.1. The third kappa shape index (κ3) is 1.99. The van der Waals surface area contributed by atoms with Crippen LogP contribution in [0.15, 0.2) is 37.1 Å². The molecule has 18 heavy (non-hydrogen) atoms. The normalized spacial score (nSPS) is 15.0. The summed E-state index contributed by atoms with van der Waals surface area (Å²) in [5.41, 5.74) is 0.653. The zero-order valence-corrected chi connectivity index (χ0v) is 9.99. The Bertz CT molecular complexity index is 527. The number of pyridine rings is 1. The van der Waals surface area contributed by atoms with Crippen LogP contribution in [-0.2, 0) is 0 Å². The fourth-order valence-corrected chi connectivity index (χ4v) is 2.16. The van der Waals surface area contributed by atoms with E-state index >= 15 is 0 Å². The topological polar surface area (TPSA) is 51.0 Å². The van der Waals surface area contributed by atoms with E-state index in [0.717, 1.165) is 31.7 Å². The maximum Gasteiger partial charge on any atom is 0.255 e. The second kappa shape index (κ2) is 4.60. The van der Waals surface area contributed by atoms with E-state index in [1.165, 1.54) is 0 Å². The first kappa shape index (κ1) is 11.0. The van der Waals surface area contributed by atoms with Crippen LogP contribution in [0.3, 0.4) is 0 Å². The van der Waals surface area contributed by atoms with Gasteiger partial charge in [0.2, 0.25) is 0 Å². The number of carbonyl (C=O) groups excluding carboxylic acids is 1. The Hall–Kier alpha value is -2.17. The average Bonchev–Trinajstić information content (AvgIpc) is 3.11. The standard InChI is InChI=1S/C13H14N4O/c18-13(16-6-1-2-7-16)11-3-4-12(15-9-11)17-8-5-14-10-17/h3-5,8-10H,1-2,6-7H2. The van der Waals surface area contributed by atoms with Crippen LogP contribution in [0.2, 0.25) is 0 Å². The van der Waals surface area contributed by atoms with Crippen LogP contribution in [0.1, 0.15) is 23.2 Å².